The number of carbonyl (C=O) groups excluding carboxylic acids is 1. The van der Waals surface area contributed by atoms with E-state index in [1.165, 1.54) is 12.1 Å². The average Bonchev–Trinajstić information content (AvgIpc) is 2.61. The second-order valence-electron chi connectivity index (χ2n) is 5.85. The highest BCUT2D eigenvalue weighted by Crippen LogP contribution is 2.24. The molecule has 0 spiro atoms. The molecule has 0 saturated heterocycles. The zero-order valence-corrected chi connectivity index (χ0v) is 14.4. The highest BCUT2D eigenvalue weighted by atomic mass is 35.5. The van der Waals surface area contributed by atoms with E-state index in [9.17, 15) is 9.18 Å². The van der Waals surface area contributed by atoms with Crippen LogP contribution in [0.2, 0.25) is 5.02 Å². The van der Waals surface area contributed by atoms with Gasteiger partial charge in [0.25, 0.3) is 5.91 Å². The molecule has 0 aliphatic heterocycles. The van der Waals surface area contributed by atoms with Crippen molar-refractivity contribution in [2.45, 2.75) is 13.0 Å². The van der Waals surface area contributed by atoms with Crippen molar-refractivity contribution in [2.75, 3.05) is 0 Å². The molecule has 25 heavy (non-hydrogen) atoms. The van der Waals surface area contributed by atoms with Gasteiger partial charge < -0.3 is 5.32 Å². The van der Waals surface area contributed by atoms with E-state index in [1.807, 2.05) is 61.5 Å². The molecule has 0 aromatic heterocycles. The molecule has 1 unspecified atom stereocenters. The smallest absolute Gasteiger partial charge is 0.253 e. The van der Waals surface area contributed by atoms with Gasteiger partial charge in [-0.2, -0.15) is 0 Å². The first-order chi connectivity index (χ1) is 12.0. The minimum Gasteiger partial charge on any atom is -0.341 e. The summed E-state index contributed by atoms with van der Waals surface area (Å²) in [6, 6.07) is 21.1. The lowest BCUT2D eigenvalue weighted by Gasteiger charge is -2.20. The molecular formula is C21H17ClFNO. The molecule has 3 aromatic rings. The number of aryl methyl sites for hydroxylation is 1. The number of amides is 1. The summed E-state index contributed by atoms with van der Waals surface area (Å²) < 4.78 is 13.2. The Bertz CT molecular complexity index is 878. The summed E-state index contributed by atoms with van der Waals surface area (Å²) >= 11 is 6.02. The van der Waals surface area contributed by atoms with Crippen LogP contribution in [0.4, 0.5) is 4.39 Å². The maximum atomic E-state index is 13.2. The molecule has 0 fully saturated rings. The summed E-state index contributed by atoms with van der Waals surface area (Å²) in [5, 5.41) is 3.09. The Balaban J connectivity index is 1.95. The van der Waals surface area contributed by atoms with Crippen LogP contribution in [0.25, 0.3) is 0 Å². The lowest BCUT2D eigenvalue weighted by Crippen LogP contribution is -2.29. The van der Waals surface area contributed by atoms with Gasteiger partial charge in [0.2, 0.25) is 0 Å². The van der Waals surface area contributed by atoms with Crippen molar-refractivity contribution in [1.82, 2.24) is 5.32 Å². The van der Waals surface area contributed by atoms with E-state index in [1.54, 1.807) is 0 Å². The normalized spacial score (nSPS) is 11.8. The van der Waals surface area contributed by atoms with Crippen LogP contribution in [0.15, 0.2) is 72.8 Å². The number of rotatable bonds is 4. The third-order valence-corrected chi connectivity index (χ3v) is 4.31. The number of halogens is 2. The van der Waals surface area contributed by atoms with Crippen molar-refractivity contribution < 1.29 is 9.18 Å². The molecule has 2 nitrogen and oxygen atoms in total. The molecule has 1 atom stereocenters. The minimum absolute atomic E-state index is 0.0909. The molecule has 0 bridgehead atoms. The van der Waals surface area contributed by atoms with E-state index in [-0.39, 0.29) is 22.5 Å². The monoisotopic (exact) mass is 353 g/mol. The minimum atomic E-state index is -0.473. The zero-order chi connectivity index (χ0) is 17.8. The van der Waals surface area contributed by atoms with Crippen molar-refractivity contribution >= 4 is 17.5 Å². The van der Waals surface area contributed by atoms with Crippen LogP contribution in [-0.2, 0) is 0 Å². The van der Waals surface area contributed by atoms with Gasteiger partial charge in [0, 0.05) is 0 Å². The van der Waals surface area contributed by atoms with E-state index in [2.05, 4.69) is 5.32 Å². The Hall–Kier alpha value is -2.65. The first kappa shape index (κ1) is 17.2. The second kappa shape index (κ2) is 7.49. The van der Waals surface area contributed by atoms with Crippen LogP contribution in [0.3, 0.4) is 0 Å². The maximum Gasteiger partial charge on any atom is 0.253 e. The van der Waals surface area contributed by atoms with Crippen LogP contribution >= 0.6 is 11.6 Å². The van der Waals surface area contributed by atoms with Crippen LogP contribution in [0.1, 0.15) is 33.1 Å². The van der Waals surface area contributed by atoms with E-state index < -0.39 is 5.82 Å². The van der Waals surface area contributed by atoms with Crippen molar-refractivity contribution in [3.8, 4) is 0 Å². The molecule has 0 aliphatic rings. The Morgan fingerprint density at radius 3 is 2.24 bits per heavy atom. The maximum absolute atomic E-state index is 13.2. The molecule has 3 rings (SSSR count). The highest BCUT2D eigenvalue weighted by Gasteiger charge is 2.19. The van der Waals surface area contributed by atoms with Crippen LogP contribution < -0.4 is 5.32 Å². The molecule has 3 aromatic carbocycles. The summed E-state index contributed by atoms with van der Waals surface area (Å²) in [5.74, 6) is -0.820. The molecule has 4 heteroatoms. The fourth-order valence-corrected chi connectivity index (χ4v) is 2.90. The van der Waals surface area contributed by atoms with Crippen LogP contribution in [-0.4, -0.2) is 5.91 Å². The highest BCUT2D eigenvalue weighted by molar-refractivity contribution is 6.33. The van der Waals surface area contributed by atoms with Gasteiger partial charge >= 0.3 is 0 Å². The van der Waals surface area contributed by atoms with Gasteiger partial charge in [-0.25, -0.2) is 4.39 Å². The van der Waals surface area contributed by atoms with Gasteiger partial charge in [-0.1, -0.05) is 71.8 Å². The van der Waals surface area contributed by atoms with Gasteiger partial charge in [0.15, 0.2) is 0 Å². The Labute approximate surface area is 151 Å². The summed E-state index contributed by atoms with van der Waals surface area (Å²) in [5.41, 5.74) is 3.31. The lowest BCUT2D eigenvalue weighted by atomic mass is 9.97. The Morgan fingerprint density at radius 2 is 1.60 bits per heavy atom. The number of hydrogen-bond acceptors (Lipinski definition) is 1. The van der Waals surface area contributed by atoms with Crippen molar-refractivity contribution in [2.24, 2.45) is 0 Å². The SMILES string of the molecule is Cc1ccc(C(NC(=O)c2ccc(F)cc2Cl)c2ccccc2)cc1. The molecule has 126 valence electrons. The van der Waals surface area contributed by atoms with Crippen molar-refractivity contribution in [3.05, 3.63) is 106 Å². The van der Waals surface area contributed by atoms with Crippen molar-refractivity contribution in [1.29, 1.82) is 0 Å². The van der Waals surface area contributed by atoms with Gasteiger partial charge in [0.05, 0.1) is 16.6 Å². The zero-order valence-electron chi connectivity index (χ0n) is 13.7. The Morgan fingerprint density at radius 1 is 0.960 bits per heavy atom. The number of benzene rings is 3. The first-order valence-corrected chi connectivity index (χ1v) is 8.30. The van der Waals surface area contributed by atoms with Gasteiger partial charge in [0.1, 0.15) is 5.82 Å². The molecule has 0 aliphatic carbocycles. The fourth-order valence-electron chi connectivity index (χ4n) is 2.65. The molecular weight excluding hydrogens is 337 g/mol. The predicted molar refractivity (Wildman–Crippen MR) is 98.3 cm³/mol. The van der Waals surface area contributed by atoms with Gasteiger partial charge in [-0.15, -0.1) is 0 Å². The summed E-state index contributed by atoms with van der Waals surface area (Å²) in [4.78, 5) is 12.7. The van der Waals surface area contributed by atoms with E-state index in [0.717, 1.165) is 22.8 Å². The molecule has 0 radical (unpaired) electrons. The average molecular weight is 354 g/mol. The number of hydrogen-bond donors (Lipinski definition) is 1. The summed E-state index contributed by atoms with van der Waals surface area (Å²) in [6.45, 7) is 2.01. The summed E-state index contributed by atoms with van der Waals surface area (Å²) in [7, 11) is 0. The molecule has 1 amide bonds. The quantitative estimate of drug-likeness (QED) is 0.677. The standard InChI is InChI=1S/C21H17ClFNO/c1-14-7-9-16(10-8-14)20(15-5-3-2-4-6-15)24-21(25)18-12-11-17(23)13-19(18)22/h2-13,20H,1H3,(H,24,25). The largest absolute Gasteiger partial charge is 0.341 e. The van der Waals surface area contributed by atoms with E-state index in [0.29, 0.717) is 0 Å². The first-order valence-electron chi connectivity index (χ1n) is 7.92. The van der Waals surface area contributed by atoms with Gasteiger partial charge in [-0.05, 0) is 36.2 Å². The topological polar surface area (TPSA) is 29.1 Å². The number of carbonyl (C=O) groups is 1. The van der Waals surface area contributed by atoms with Crippen molar-refractivity contribution in [3.63, 3.8) is 0 Å². The predicted octanol–water partition coefficient (Wildman–Crippen LogP) is 5.31. The fraction of sp³-hybridized carbons (Fsp3) is 0.0952. The van der Waals surface area contributed by atoms with Crippen LogP contribution in [0, 0.1) is 12.7 Å². The third-order valence-electron chi connectivity index (χ3n) is 3.99. The Kier molecular flexibility index (Phi) is 5.15. The third kappa shape index (κ3) is 4.06. The lowest BCUT2D eigenvalue weighted by molar-refractivity contribution is 0.0943. The molecule has 1 N–H and O–H groups in total. The van der Waals surface area contributed by atoms with Crippen LogP contribution in [0.5, 0.6) is 0 Å². The van der Waals surface area contributed by atoms with E-state index >= 15 is 0 Å². The second-order valence-corrected chi connectivity index (χ2v) is 6.26. The molecule has 0 heterocycles. The van der Waals surface area contributed by atoms with E-state index in [4.69, 9.17) is 11.6 Å². The molecule has 0 saturated carbocycles. The number of nitrogens with one attached hydrogen (secondary N) is 1. The van der Waals surface area contributed by atoms with Gasteiger partial charge in [-0.3, -0.25) is 4.79 Å². The summed E-state index contributed by atoms with van der Waals surface area (Å²) in [6.07, 6.45) is 0.